The molecule has 0 fully saturated rings. The second kappa shape index (κ2) is 12.3. The summed E-state index contributed by atoms with van der Waals surface area (Å²) in [5, 5.41) is 42.3. The molecule has 14 heteroatoms. The van der Waals surface area contributed by atoms with Crippen molar-refractivity contribution in [3.05, 3.63) is 0 Å². The quantitative estimate of drug-likeness (QED) is 0.142. The van der Waals surface area contributed by atoms with E-state index in [0.717, 1.165) is 13.8 Å². The zero-order chi connectivity index (χ0) is 23.6. The van der Waals surface area contributed by atoms with Crippen molar-refractivity contribution in [1.29, 1.82) is 0 Å². The largest absolute Gasteiger partial charge is 0.481 e. The molecule has 0 saturated carbocycles. The van der Waals surface area contributed by atoms with Crippen molar-refractivity contribution in [2.45, 2.75) is 63.4 Å². The second-order valence-electron chi connectivity index (χ2n) is 6.49. The molecular formula is C16H26N4O10. The van der Waals surface area contributed by atoms with Crippen molar-refractivity contribution in [2.75, 3.05) is 0 Å². The molecule has 0 aliphatic rings. The highest BCUT2D eigenvalue weighted by molar-refractivity contribution is 5.95. The van der Waals surface area contributed by atoms with E-state index in [1.807, 2.05) is 5.32 Å². The fourth-order valence-corrected chi connectivity index (χ4v) is 2.10. The number of carboxylic acid groups (broad SMARTS) is 3. The molecule has 0 spiro atoms. The van der Waals surface area contributed by atoms with Crippen LogP contribution in [0.5, 0.6) is 0 Å². The van der Waals surface area contributed by atoms with Crippen molar-refractivity contribution >= 4 is 35.6 Å². The molecule has 0 aliphatic carbocycles. The van der Waals surface area contributed by atoms with Crippen LogP contribution in [0.3, 0.4) is 0 Å². The number of hydrogen-bond acceptors (Lipinski definition) is 8. The number of carboxylic acids is 3. The normalized spacial score (nSPS) is 15.6. The van der Waals surface area contributed by atoms with Gasteiger partial charge in [-0.25, -0.2) is 0 Å². The smallest absolute Gasteiger partial charge is 0.325 e. The van der Waals surface area contributed by atoms with Crippen LogP contribution >= 0.6 is 0 Å². The van der Waals surface area contributed by atoms with Crippen LogP contribution in [0, 0.1) is 0 Å². The van der Waals surface area contributed by atoms with Gasteiger partial charge in [-0.2, -0.15) is 0 Å². The van der Waals surface area contributed by atoms with Gasteiger partial charge in [0, 0.05) is 6.42 Å². The highest BCUT2D eigenvalue weighted by atomic mass is 16.4. The summed E-state index contributed by atoms with van der Waals surface area (Å²) in [6, 6.07) is -6.01. The predicted molar refractivity (Wildman–Crippen MR) is 97.9 cm³/mol. The lowest BCUT2D eigenvalue weighted by atomic mass is 10.1. The molecule has 0 aromatic rings. The maximum absolute atomic E-state index is 12.4. The molecule has 170 valence electrons. The third kappa shape index (κ3) is 9.79. The molecule has 0 aromatic carbocycles. The molecule has 0 heterocycles. The van der Waals surface area contributed by atoms with Gasteiger partial charge in [-0.15, -0.1) is 0 Å². The summed E-state index contributed by atoms with van der Waals surface area (Å²) in [6.07, 6.45) is -3.10. The minimum atomic E-state index is -1.70. The highest BCUT2D eigenvalue weighted by Gasteiger charge is 2.32. The molecule has 0 saturated heterocycles. The zero-order valence-electron chi connectivity index (χ0n) is 16.3. The lowest BCUT2D eigenvalue weighted by Gasteiger charge is -2.25. The molecule has 0 radical (unpaired) electrons. The van der Waals surface area contributed by atoms with Crippen molar-refractivity contribution in [3.8, 4) is 0 Å². The van der Waals surface area contributed by atoms with E-state index in [4.69, 9.17) is 21.1 Å². The van der Waals surface area contributed by atoms with E-state index < -0.39 is 78.7 Å². The van der Waals surface area contributed by atoms with E-state index in [9.17, 15) is 33.9 Å². The molecule has 3 amide bonds. The Bertz CT molecular complexity index is 681. The average Bonchev–Trinajstić information content (AvgIpc) is 2.62. The lowest BCUT2D eigenvalue weighted by Crippen LogP contribution is -2.59. The van der Waals surface area contributed by atoms with Gasteiger partial charge in [-0.3, -0.25) is 28.8 Å². The van der Waals surface area contributed by atoms with Gasteiger partial charge in [-0.05, 0) is 20.3 Å². The van der Waals surface area contributed by atoms with Crippen LogP contribution in [0.1, 0.15) is 33.1 Å². The summed E-state index contributed by atoms with van der Waals surface area (Å²) >= 11 is 0. The van der Waals surface area contributed by atoms with Crippen LogP contribution in [-0.4, -0.2) is 86.3 Å². The van der Waals surface area contributed by atoms with Crippen LogP contribution in [0.4, 0.5) is 0 Å². The first kappa shape index (κ1) is 26.7. The Kier molecular flexibility index (Phi) is 11.0. The Morgan fingerprint density at radius 1 is 0.833 bits per heavy atom. The summed E-state index contributed by atoms with van der Waals surface area (Å²) in [4.78, 5) is 69.0. The van der Waals surface area contributed by atoms with Crippen molar-refractivity contribution in [1.82, 2.24) is 16.0 Å². The maximum atomic E-state index is 12.4. The molecule has 0 rings (SSSR count). The second-order valence-corrected chi connectivity index (χ2v) is 6.49. The molecule has 5 atom stereocenters. The van der Waals surface area contributed by atoms with Gasteiger partial charge < -0.3 is 42.1 Å². The fourth-order valence-electron chi connectivity index (χ4n) is 2.10. The molecule has 30 heavy (non-hydrogen) atoms. The van der Waals surface area contributed by atoms with E-state index in [0.29, 0.717) is 0 Å². The number of aliphatic hydroxyl groups excluding tert-OH is 1. The monoisotopic (exact) mass is 434 g/mol. The number of aliphatic hydroxyl groups is 1. The summed E-state index contributed by atoms with van der Waals surface area (Å²) in [7, 11) is 0. The lowest BCUT2D eigenvalue weighted by molar-refractivity contribution is -0.143. The number of nitrogens with one attached hydrogen (secondary N) is 3. The zero-order valence-corrected chi connectivity index (χ0v) is 16.3. The summed E-state index contributed by atoms with van der Waals surface area (Å²) in [5.41, 5.74) is 5.51. The van der Waals surface area contributed by atoms with Crippen LogP contribution < -0.4 is 21.7 Å². The molecule has 14 nitrogen and oxygen atoms in total. The number of amides is 3. The number of carbonyl (C=O) groups excluding carboxylic acids is 3. The van der Waals surface area contributed by atoms with Gasteiger partial charge in [0.2, 0.25) is 17.7 Å². The van der Waals surface area contributed by atoms with E-state index in [1.54, 1.807) is 0 Å². The summed E-state index contributed by atoms with van der Waals surface area (Å²) in [5.74, 6) is -7.25. The van der Waals surface area contributed by atoms with E-state index in [-0.39, 0.29) is 6.42 Å². The Balaban J connectivity index is 5.27. The first-order valence-electron chi connectivity index (χ1n) is 8.77. The predicted octanol–water partition coefficient (Wildman–Crippen LogP) is -3.41. The van der Waals surface area contributed by atoms with Gasteiger partial charge in [-0.1, -0.05) is 0 Å². The molecule has 0 aromatic heterocycles. The third-order valence-electron chi connectivity index (χ3n) is 3.81. The van der Waals surface area contributed by atoms with Gasteiger partial charge in [0.25, 0.3) is 0 Å². The molecule has 5 unspecified atom stereocenters. The van der Waals surface area contributed by atoms with E-state index >= 15 is 0 Å². The van der Waals surface area contributed by atoms with Crippen LogP contribution in [-0.2, 0) is 28.8 Å². The SMILES string of the molecule is CC(NC(=O)C(NC(=O)C(CC(=O)O)NC(=O)C(N)CCC(=O)O)C(C)O)C(=O)O. The van der Waals surface area contributed by atoms with Crippen LogP contribution in [0.25, 0.3) is 0 Å². The summed E-state index contributed by atoms with van der Waals surface area (Å²) in [6.45, 7) is 2.27. The number of aliphatic carboxylic acids is 3. The molecule has 9 N–H and O–H groups in total. The van der Waals surface area contributed by atoms with E-state index in [2.05, 4.69) is 10.6 Å². The average molecular weight is 434 g/mol. The number of nitrogens with two attached hydrogens (primary N) is 1. The Morgan fingerprint density at radius 3 is 1.83 bits per heavy atom. The van der Waals surface area contributed by atoms with Crippen LogP contribution in [0.2, 0.25) is 0 Å². The highest BCUT2D eigenvalue weighted by Crippen LogP contribution is 2.02. The summed E-state index contributed by atoms with van der Waals surface area (Å²) < 4.78 is 0. The number of rotatable bonds is 13. The van der Waals surface area contributed by atoms with Crippen LogP contribution in [0.15, 0.2) is 0 Å². The number of hydrogen-bond donors (Lipinski definition) is 8. The van der Waals surface area contributed by atoms with Gasteiger partial charge in [0.1, 0.15) is 18.1 Å². The minimum Gasteiger partial charge on any atom is -0.481 e. The van der Waals surface area contributed by atoms with E-state index in [1.165, 1.54) is 0 Å². The first-order valence-corrected chi connectivity index (χ1v) is 8.77. The van der Waals surface area contributed by atoms with Gasteiger partial charge in [0.05, 0.1) is 18.6 Å². The van der Waals surface area contributed by atoms with Crippen molar-refractivity contribution in [3.63, 3.8) is 0 Å². The molecular weight excluding hydrogens is 408 g/mol. The fraction of sp³-hybridized carbons (Fsp3) is 0.625. The third-order valence-corrected chi connectivity index (χ3v) is 3.81. The first-order chi connectivity index (χ1) is 13.8. The topological polar surface area (TPSA) is 245 Å². The van der Waals surface area contributed by atoms with Gasteiger partial charge in [0.15, 0.2) is 0 Å². The Morgan fingerprint density at radius 2 is 1.40 bits per heavy atom. The van der Waals surface area contributed by atoms with Crippen molar-refractivity contribution < 1.29 is 49.2 Å². The maximum Gasteiger partial charge on any atom is 0.325 e. The standard InChI is InChI=1S/C16H26N4O10/c1-6(16(29)30)18-15(28)12(7(2)21)20-14(27)9(5-11(24)25)19-13(26)8(17)3-4-10(22)23/h6-9,12,21H,3-5,17H2,1-2H3,(H,18,28)(H,19,26)(H,20,27)(H,22,23)(H,24,25)(H,29,30). The Hall–Kier alpha value is -3.26. The molecule has 0 aliphatic heterocycles. The Labute approximate surface area is 170 Å². The van der Waals surface area contributed by atoms with Crippen molar-refractivity contribution in [2.24, 2.45) is 5.73 Å². The number of carbonyl (C=O) groups is 6. The minimum absolute atomic E-state index is 0.269. The molecule has 0 bridgehead atoms. The van der Waals surface area contributed by atoms with Gasteiger partial charge >= 0.3 is 17.9 Å².